The number of ether oxygens (including phenoxy) is 1. The molecule has 1 rings (SSSR count). The minimum Gasteiger partial charge on any atom is -0.507 e. The van der Waals surface area contributed by atoms with E-state index < -0.39 is 5.97 Å². The number of phenolic OH excluding ortho intramolecular Hbond substituents is 1. The Balaban J connectivity index is 2.97. The highest BCUT2D eigenvalue weighted by Crippen LogP contribution is 2.27. The summed E-state index contributed by atoms with van der Waals surface area (Å²) in [7, 11) is 1.26. The van der Waals surface area contributed by atoms with Crippen molar-refractivity contribution in [3.63, 3.8) is 0 Å². The molecule has 5 nitrogen and oxygen atoms in total. The molecule has 0 unspecified atom stereocenters. The first-order valence-corrected chi connectivity index (χ1v) is 5.80. The van der Waals surface area contributed by atoms with Gasteiger partial charge in [0.1, 0.15) is 11.3 Å². The zero-order valence-electron chi connectivity index (χ0n) is 9.36. The average molecular weight is 304 g/mol. The molecule has 1 aromatic carbocycles. The van der Waals surface area contributed by atoms with Crippen molar-refractivity contribution >= 4 is 21.9 Å². The fourth-order valence-corrected chi connectivity index (χ4v) is 1.86. The molecule has 0 spiro atoms. The second kappa shape index (κ2) is 6.58. The van der Waals surface area contributed by atoms with E-state index in [2.05, 4.69) is 26.0 Å². The lowest BCUT2D eigenvalue weighted by Crippen LogP contribution is -2.18. The summed E-state index contributed by atoms with van der Waals surface area (Å²) in [6, 6.07) is 3.20. The molecule has 0 aromatic heterocycles. The van der Waals surface area contributed by atoms with E-state index >= 15 is 0 Å². The smallest absolute Gasteiger partial charge is 0.341 e. The van der Waals surface area contributed by atoms with Gasteiger partial charge in [-0.3, -0.25) is 0 Å². The van der Waals surface area contributed by atoms with E-state index in [1.165, 1.54) is 13.2 Å². The van der Waals surface area contributed by atoms with Gasteiger partial charge in [-0.05, 0) is 12.1 Å². The Morgan fingerprint density at radius 2 is 2.24 bits per heavy atom. The van der Waals surface area contributed by atoms with Crippen molar-refractivity contribution in [2.45, 2.75) is 6.54 Å². The lowest BCUT2D eigenvalue weighted by molar-refractivity contribution is 0.0597. The molecule has 17 heavy (non-hydrogen) atoms. The van der Waals surface area contributed by atoms with Gasteiger partial charge in [0, 0.05) is 23.1 Å². The molecule has 0 fully saturated rings. The van der Waals surface area contributed by atoms with E-state index in [9.17, 15) is 9.90 Å². The summed E-state index contributed by atoms with van der Waals surface area (Å²) in [6.07, 6.45) is 0. The van der Waals surface area contributed by atoms with E-state index in [1.54, 1.807) is 6.07 Å². The lowest BCUT2D eigenvalue weighted by atomic mass is 10.1. The van der Waals surface area contributed by atoms with Gasteiger partial charge in [0.25, 0.3) is 0 Å². The molecule has 0 atom stereocenters. The summed E-state index contributed by atoms with van der Waals surface area (Å²) < 4.78 is 5.25. The highest BCUT2D eigenvalue weighted by Gasteiger charge is 2.15. The third-order valence-corrected chi connectivity index (χ3v) is 2.62. The number of methoxy groups -OCH3 is 1. The molecule has 0 radical (unpaired) electrons. The Morgan fingerprint density at radius 3 is 2.82 bits per heavy atom. The molecule has 1 aromatic rings. The minimum absolute atomic E-state index is 0.0125. The van der Waals surface area contributed by atoms with Crippen LogP contribution in [0.2, 0.25) is 0 Å². The van der Waals surface area contributed by atoms with Crippen molar-refractivity contribution in [2.75, 3.05) is 20.3 Å². The Bertz CT molecular complexity index is 409. The zero-order valence-corrected chi connectivity index (χ0v) is 11.0. The largest absolute Gasteiger partial charge is 0.507 e. The first kappa shape index (κ1) is 14.0. The predicted molar refractivity (Wildman–Crippen MR) is 65.9 cm³/mol. The number of aromatic hydroxyl groups is 1. The molecular weight excluding hydrogens is 290 g/mol. The Morgan fingerprint density at radius 1 is 1.53 bits per heavy atom. The number of carbonyl (C=O) groups excluding carboxylic acids is 1. The van der Waals surface area contributed by atoms with Gasteiger partial charge in [-0.2, -0.15) is 0 Å². The number of hydrogen-bond acceptors (Lipinski definition) is 5. The van der Waals surface area contributed by atoms with Gasteiger partial charge in [-0.15, -0.1) is 0 Å². The molecule has 6 heteroatoms. The number of nitrogens with one attached hydrogen (secondary N) is 1. The lowest BCUT2D eigenvalue weighted by Gasteiger charge is -2.10. The highest BCUT2D eigenvalue weighted by molar-refractivity contribution is 9.10. The van der Waals surface area contributed by atoms with Gasteiger partial charge in [0.15, 0.2) is 0 Å². The Labute approximate surface area is 108 Å². The van der Waals surface area contributed by atoms with Crippen LogP contribution in [0, 0.1) is 0 Å². The summed E-state index contributed by atoms with van der Waals surface area (Å²) in [6.45, 7) is 0.786. The number of esters is 1. The van der Waals surface area contributed by atoms with Gasteiger partial charge in [-0.25, -0.2) is 4.79 Å². The van der Waals surface area contributed by atoms with Crippen LogP contribution in [0.25, 0.3) is 0 Å². The zero-order chi connectivity index (χ0) is 12.8. The molecule has 0 aliphatic rings. The van der Waals surface area contributed by atoms with E-state index in [0.717, 1.165) is 0 Å². The number of benzene rings is 1. The first-order valence-electron chi connectivity index (χ1n) is 5.01. The summed E-state index contributed by atoms with van der Waals surface area (Å²) >= 11 is 3.26. The number of hydrogen-bond donors (Lipinski definition) is 3. The van der Waals surface area contributed by atoms with Gasteiger partial charge in [0.2, 0.25) is 0 Å². The molecular formula is C11H14BrNO4. The van der Waals surface area contributed by atoms with Crippen molar-refractivity contribution < 1.29 is 19.7 Å². The molecule has 0 bridgehead atoms. The molecule has 94 valence electrons. The van der Waals surface area contributed by atoms with Crippen LogP contribution in [0.5, 0.6) is 5.75 Å². The molecule has 0 heterocycles. The third-order valence-electron chi connectivity index (χ3n) is 2.16. The molecule has 0 aliphatic heterocycles. The number of aliphatic hydroxyl groups is 1. The molecule has 0 amide bonds. The molecule has 3 N–H and O–H groups in total. The van der Waals surface area contributed by atoms with Crippen molar-refractivity contribution in [1.82, 2.24) is 5.32 Å². The van der Waals surface area contributed by atoms with Crippen LogP contribution in [-0.2, 0) is 11.3 Å². The first-order chi connectivity index (χ1) is 8.10. The van der Waals surface area contributed by atoms with E-state index in [1.807, 2.05) is 0 Å². The molecule has 0 saturated heterocycles. The van der Waals surface area contributed by atoms with Crippen LogP contribution in [0.3, 0.4) is 0 Å². The van der Waals surface area contributed by atoms with Gasteiger partial charge >= 0.3 is 5.97 Å². The summed E-state index contributed by atoms with van der Waals surface area (Å²) in [5.74, 6) is -0.697. The number of carbonyl (C=O) groups is 1. The summed E-state index contributed by atoms with van der Waals surface area (Å²) in [5, 5.41) is 21.5. The molecule has 0 aliphatic carbocycles. The number of aliphatic hydroxyl groups excluding tert-OH is 1. The second-order valence-electron chi connectivity index (χ2n) is 3.35. The van der Waals surface area contributed by atoms with Crippen LogP contribution in [0.4, 0.5) is 0 Å². The summed E-state index contributed by atoms with van der Waals surface area (Å²) in [4.78, 5) is 11.4. The standard InChI is InChI=1S/C11H14BrNO4/c1-17-11(16)9-5-8(12)4-7(10(9)15)6-13-2-3-14/h4-5,13-15H,2-3,6H2,1H3. The number of rotatable bonds is 5. The van der Waals surface area contributed by atoms with Crippen molar-refractivity contribution in [1.29, 1.82) is 0 Å². The van der Waals surface area contributed by atoms with Crippen LogP contribution in [0.15, 0.2) is 16.6 Å². The highest BCUT2D eigenvalue weighted by atomic mass is 79.9. The summed E-state index contributed by atoms with van der Waals surface area (Å²) in [5.41, 5.74) is 0.677. The topological polar surface area (TPSA) is 78.8 Å². The van der Waals surface area contributed by atoms with Crippen LogP contribution in [0.1, 0.15) is 15.9 Å². The Kier molecular flexibility index (Phi) is 5.40. The maximum Gasteiger partial charge on any atom is 0.341 e. The maximum absolute atomic E-state index is 11.4. The van der Waals surface area contributed by atoms with Gasteiger partial charge < -0.3 is 20.3 Å². The number of halogens is 1. The van der Waals surface area contributed by atoms with E-state index in [-0.39, 0.29) is 17.9 Å². The van der Waals surface area contributed by atoms with Crippen molar-refractivity contribution in [2.24, 2.45) is 0 Å². The van der Waals surface area contributed by atoms with Crippen LogP contribution < -0.4 is 5.32 Å². The monoisotopic (exact) mass is 303 g/mol. The average Bonchev–Trinajstić information content (AvgIpc) is 2.32. The fourth-order valence-electron chi connectivity index (χ4n) is 1.36. The predicted octanol–water partition coefficient (Wildman–Crippen LogP) is 1.02. The maximum atomic E-state index is 11.4. The quantitative estimate of drug-likeness (QED) is 0.559. The van der Waals surface area contributed by atoms with E-state index in [0.29, 0.717) is 23.1 Å². The van der Waals surface area contributed by atoms with Crippen LogP contribution >= 0.6 is 15.9 Å². The molecule has 0 saturated carbocycles. The van der Waals surface area contributed by atoms with Gasteiger partial charge in [-0.1, -0.05) is 15.9 Å². The fraction of sp³-hybridized carbons (Fsp3) is 0.364. The van der Waals surface area contributed by atoms with Crippen molar-refractivity contribution in [3.05, 3.63) is 27.7 Å². The SMILES string of the molecule is COC(=O)c1cc(Br)cc(CNCCO)c1O. The Hall–Kier alpha value is -1.11. The van der Waals surface area contributed by atoms with Crippen LogP contribution in [-0.4, -0.2) is 36.4 Å². The second-order valence-corrected chi connectivity index (χ2v) is 4.27. The third kappa shape index (κ3) is 3.69. The van der Waals surface area contributed by atoms with Gasteiger partial charge in [0.05, 0.1) is 13.7 Å². The number of phenols is 1. The normalized spacial score (nSPS) is 10.3. The van der Waals surface area contributed by atoms with E-state index in [4.69, 9.17) is 5.11 Å². The van der Waals surface area contributed by atoms with Crippen molar-refractivity contribution in [3.8, 4) is 5.75 Å². The minimum atomic E-state index is -0.591.